The van der Waals surface area contributed by atoms with Crippen LogP contribution < -0.4 is 5.32 Å². The summed E-state index contributed by atoms with van der Waals surface area (Å²) in [7, 11) is 0. The molecule has 0 atom stereocenters. The van der Waals surface area contributed by atoms with E-state index in [0.29, 0.717) is 17.0 Å². The van der Waals surface area contributed by atoms with E-state index in [1.54, 1.807) is 4.68 Å². The first kappa shape index (κ1) is 18.9. The first-order valence-electron chi connectivity index (χ1n) is 9.42. The maximum atomic E-state index is 12.4. The second-order valence-corrected chi connectivity index (χ2v) is 7.93. The Morgan fingerprint density at radius 2 is 1.92 bits per heavy atom. The lowest BCUT2D eigenvalue weighted by Crippen LogP contribution is -2.36. The zero-order valence-electron chi connectivity index (χ0n) is 15.6. The molecule has 6 nitrogen and oxygen atoms in total. The van der Waals surface area contributed by atoms with Crippen LogP contribution >= 0.6 is 11.8 Å². The predicted octanol–water partition coefficient (Wildman–Crippen LogP) is 3.60. The fourth-order valence-corrected chi connectivity index (χ4v) is 4.08. The largest absolute Gasteiger partial charge is 0.353 e. The van der Waals surface area contributed by atoms with Crippen LogP contribution in [0.1, 0.15) is 56.1 Å². The summed E-state index contributed by atoms with van der Waals surface area (Å²) < 4.78 is 1.72. The lowest BCUT2D eigenvalue weighted by molar-refractivity contribution is -0.119. The number of aryl methyl sites for hydroxylation is 1. The molecule has 0 bridgehead atoms. The lowest BCUT2D eigenvalue weighted by Gasteiger charge is -2.20. The van der Waals surface area contributed by atoms with Crippen molar-refractivity contribution >= 4 is 17.7 Å². The van der Waals surface area contributed by atoms with E-state index in [1.165, 1.54) is 49.4 Å². The topological polar surface area (TPSA) is 72.7 Å². The van der Waals surface area contributed by atoms with Gasteiger partial charge in [-0.25, -0.2) is 0 Å². The molecule has 1 aliphatic carbocycles. The van der Waals surface area contributed by atoms with E-state index in [2.05, 4.69) is 40.8 Å². The standard InChI is InChI=1S/C19H27N5OS/c1-14-9-8-12-17(15(14)2)24-19(21-22-23-24)26-13-18(25)20-16-10-6-4-3-5-7-11-16/h8-9,12,16H,3-7,10-11,13H2,1-2H3,(H,20,25). The average molecular weight is 374 g/mol. The fraction of sp³-hybridized carbons (Fsp3) is 0.579. The Kier molecular flexibility index (Phi) is 6.66. The van der Waals surface area contributed by atoms with Crippen LogP contribution in [-0.4, -0.2) is 37.9 Å². The summed E-state index contributed by atoms with van der Waals surface area (Å²) in [5, 5.41) is 15.8. The Bertz CT molecular complexity index is 737. The summed E-state index contributed by atoms with van der Waals surface area (Å²) in [5.74, 6) is 0.401. The van der Waals surface area contributed by atoms with Crippen molar-refractivity contribution in [2.24, 2.45) is 0 Å². The molecular weight excluding hydrogens is 346 g/mol. The van der Waals surface area contributed by atoms with Crippen molar-refractivity contribution in [1.82, 2.24) is 25.5 Å². The van der Waals surface area contributed by atoms with E-state index in [4.69, 9.17) is 0 Å². The molecule has 0 saturated heterocycles. The third kappa shape index (κ3) is 4.84. The van der Waals surface area contributed by atoms with Crippen LogP contribution in [-0.2, 0) is 4.79 Å². The van der Waals surface area contributed by atoms with Crippen LogP contribution in [0.2, 0.25) is 0 Å². The van der Waals surface area contributed by atoms with Gasteiger partial charge < -0.3 is 5.32 Å². The Balaban J connectivity index is 1.59. The van der Waals surface area contributed by atoms with Gasteiger partial charge in [-0.15, -0.1) is 5.10 Å². The van der Waals surface area contributed by atoms with Gasteiger partial charge >= 0.3 is 0 Å². The molecule has 2 aromatic rings. The van der Waals surface area contributed by atoms with Crippen molar-refractivity contribution in [1.29, 1.82) is 0 Å². The number of tetrazole rings is 1. The minimum atomic E-state index is 0.0658. The van der Waals surface area contributed by atoms with Gasteiger partial charge in [0.25, 0.3) is 0 Å². The van der Waals surface area contributed by atoms with Crippen molar-refractivity contribution < 1.29 is 4.79 Å². The molecule has 1 fully saturated rings. The molecule has 26 heavy (non-hydrogen) atoms. The van der Waals surface area contributed by atoms with Crippen molar-refractivity contribution in [3.05, 3.63) is 29.3 Å². The van der Waals surface area contributed by atoms with Crippen molar-refractivity contribution in [2.45, 2.75) is 70.0 Å². The zero-order chi connectivity index (χ0) is 18.4. The smallest absolute Gasteiger partial charge is 0.230 e. The molecule has 1 saturated carbocycles. The first-order chi connectivity index (χ1) is 12.6. The van der Waals surface area contributed by atoms with E-state index < -0.39 is 0 Å². The first-order valence-corrected chi connectivity index (χ1v) is 10.4. The van der Waals surface area contributed by atoms with Crippen molar-refractivity contribution in [3.63, 3.8) is 0 Å². The van der Waals surface area contributed by atoms with Gasteiger partial charge in [-0.3, -0.25) is 4.79 Å². The van der Waals surface area contributed by atoms with E-state index in [9.17, 15) is 4.79 Å². The van der Waals surface area contributed by atoms with E-state index in [0.717, 1.165) is 24.1 Å². The summed E-state index contributed by atoms with van der Waals surface area (Å²) >= 11 is 1.38. The molecule has 0 spiro atoms. The van der Waals surface area contributed by atoms with Gasteiger partial charge in [-0.2, -0.15) is 4.68 Å². The Hall–Kier alpha value is -1.89. The second kappa shape index (κ2) is 9.16. The normalized spacial score (nSPS) is 16.1. The highest BCUT2D eigenvalue weighted by atomic mass is 32.2. The zero-order valence-corrected chi connectivity index (χ0v) is 16.4. The number of hydrogen-bond donors (Lipinski definition) is 1. The van der Waals surface area contributed by atoms with Crippen LogP contribution in [0.15, 0.2) is 23.4 Å². The fourth-order valence-electron chi connectivity index (χ4n) is 3.39. The van der Waals surface area contributed by atoms with Crippen LogP contribution in [0, 0.1) is 13.8 Å². The second-order valence-electron chi connectivity index (χ2n) is 6.99. The maximum absolute atomic E-state index is 12.4. The van der Waals surface area contributed by atoms with Gasteiger partial charge in [0.05, 0.1) is 11.4 Å². The van der Waals surface area contributed by atoms with Gasteiger partial charge in [0.15, 0.2) is 0 Å². The number of rotatable bonds is 5. The summed E-state index contributed by atoms with van der Waals surface area (Å²) in [4.78, 5) is 12.4. The predicted molar refractivity (Wildman–Crippen MR) is 104 cm³/mol. The molecule has 1 aromatic carbocycles. The third-order valence-corrected chi connectivity index (χ3v) is 5.97. The number of amides is 1. The van der Waals surface area contributed by atoms with Gasteiger partial charge in [-0.05, 0) is 54.3 Å². The highest BCUT2D eigenvalue weighted by molar-refractivity contribution is 7.99. The molecule has 0 radical (unpaired) electrons. The van der Waals surface area contributed by atoms with Crippen LogP contribution in [0.25, 0.3) is 5.69 Å². The number of carbonyl (C=O) groups is 1. The number of carbonyl (C=O) groups excluding carboxylic acids is 1. The number of benzene rings is 1. The van der Waals surface area contributed by atoms with Gasteiger partial charge in [0.1, 0.15) is 0 Å². The molecule has 1 amide bonds. The number of thioether (sulfide) groups is 1. The lowest BCUT2D eigenvalue weighted by atomic mass is 9.97. The Morgan fingerprint density at radius 3 is 2.69 bits per heavy atom. The summed E-state index contributed by atoms with van der Waals surface area (Å²) in [6.07, 6.45) is 8.51. The van der Waals surface area contributed by atoms with Crippen molar-refractivity contribution in [3.8, 4) is 5.69 Å². The molecule has 1 aromatic heterocycles. The minimum Gasteiger partial charge on any atom is -0.353 e. The van der Waals surface area contributed by atoms with Gasteiger partial charge in [-0.1, -0.05) is 56.0 Å². The van der Waals surface area contributed by atoms with Crippen LogP contribution in [0.4, 0.5) is 0 Å². The van der Waals surface area contributed by atoms with Crippen molar-refractivity contribution in [2.75, 3.05) is 5.75 Å². The average Bonchev–Trinajstić information content (AvgIpc) is 3.06. The highest BCUT2D eigenvalue weighted by Gasteiger charge is 2.17. The minimum absolute atomic E-state index is 0.0658. The van der Waals surface area contributed by atoms with Gasteiger partial charge in [0, 0.05) is 6.04 Å². The Morgan fingerprint density at radius 1 is 1.19 bits per heavy atom. The molecule has 1 aliphatic rings. The summed E-state index contributed by atoms with van der Waals surface area (Å²) in [5.41, 5.74) is 3.29. The Labute approximate surface area is 159 Å². The SMILES string of the molecule is Cc1cccc(-n2nnnc2SCC(=O)NC2CCCCCCC2)c1C. The summed E-state index contributed by atoms with van der Waals surface area (Å²) in [6, 6.07) is 6.38. The third-order valence-electron chi connectivity index (χ3n) is 5.05. The summed E-state index contributed by atoms with van der Waals surface area (Å²) in [6.45, 7) is 4.13. The number of nitrogens with zero attached hydrogens (tertiary/aromatic N) is 4. The number of hydrogen-bond acceptors (Lipinski definition) is 5. The van der Waals surface area contributed by atoms with E-state index >= 15 is 0 Å². The molecule has 7 heteroatoms. The quantitative estimate of drug-likeness (QED) is 0.811. The molecule has 1 N–H and O–H groups in total. The molecule has 3 rings (SSSR count). The monoisotopic (exact) mass is 373 g/mol. The molecule has 0 aliphatic heterocycles. The molecular formula is C19H27N5OS. The number of aromatic nitrogens is 4. The van der Waals surface area contributed by atoms with E-state index in [1.807, 2.05) is 12.1 Å². The van der Waals surface area contributed by atoms with Crippen LogP contribution in [0.3, 0.4) is 0 Å². The number of nitrogens with one attached hydrogen (secondary N) is 1. The molecule has 1 heterocycles. The molecule has 0 unspecified atom stereocenters. The van der Waals surface area contributed by atoms with Crippen LogP contribution in [0.5, 0.6) is 0 Å². The molecule has 140 valence electrons. The maximum Gasteiger partial charge on any atom is 0.230 e. The van der Waals surface area contributed by atoms with E-state index in [-0.39, 0.29) is 5.91 Å². The highest BCUT2D eigenvalue weighted by Crippen LogP contribution is 2.22. The van der Waals surface area contributed by atoms with Gasteiger partial charge in [0.2, 0.25) is 11.1 Å².